The van der Waals surface area contributed by atoms with E-state index in [4.69, 9.17) is 4.52 Å². The molecule has 1 N–H and O–H groups in total. The number of rotatable bonds is 4. The summed E-state index contributed by atoms with van der Waals surface area (Å²) >= 11 is 0. The van der Waals surface area contributed by atoms with Crippen molar-refractivity contribution in [3.63, 3.8) is 0 Å². The van der Waals surface area contributed by atoms with Gasteiger partial charge in [-0.2, -0.15) is 4.98 Å². The zero-order valence-electron chi connectivity index (χ0n) is 15.2. The molecule has 6 nitrogen and oxygen atoms in total. The van der Waals surface area contributed by atoms with Crippen LogP contribution in [0.1, 0.15) is 29.9 Å². The summed E-state index contributed by atoms with van der Waals surface area (Å²) in [5.41, 5.74) is 2.56. The number of piperidine rings is 1. The van der Waals surface area contributed by atoms with Crippen molar-refractivity contribution in [3.05, 3.63) is 47.4 Å². The molecule has 4 rings (SSSR count). The summed E-state index contributed by atoms with van der Waals surface area (Å²) in [7, 11) is 0. The summed E-state index contributed by atoms with van der Waals surface area (Å²) in [6.45, 7) is 5.53. The highest BCUT2D eigenvalue weighted by molar-refractivity contribution is 5.88. The standard InChI is InChI=1S/C20H24N4O2/c1-13-18-19(21-14(2)22-20(18)26-23-13)24-10-8-16(9-11-24)17(25)12-15-6-4-3-5-7-15/h3-7,16-17,25H,8-12H2,1-2H3/t17-/m1/s1. The minimum Gasteiger partial charge on any atom is -0.392 e. The van der Waals surface area contributed by atoms with Crippen LogP contribution in [0, 0.1) is 19.8 Å². The van der Waals surface area contributed by atoms with E-state index >= 15 is 0 Å². The van der Waals surface area contributed by atoms with Gasteiger partial charge in [0.25, 0.3) is 5.71 Å². The highest BCUT2D eigenvalue weighted by Gasteiger charge is 2.28. The summed E-state index contributed by atoms with van der Waals surface area (Å²) in [5, 5.41) is 15.6. The van der Waals surface area contributed by atoms with Gasteiger partial charge in [0.1, 0.15) is 17.0 Å². The number of benzene rings is 1. The molecular formula is C20H24N4O2. The number of aliphatic hydroxyl groups is 1. The molecule has 2 aromatic heterocycles. The molecule has 0 saturated carbocycles. The zero-order chi connectivity index (χ0) is 18.1. The van der Waals surface area contributed by atoms with Gasteiger partial charge >= 0.3 is 0 Å². The molecule has 1 fully saturated rings. The molecule has 0 spiro atoms. The maximum Gasteiger partial charge on any atom is 0.263 e. The van der Waals surface area contributed by atoms with Crippen molar-refractivity contribution in [2.75, 3.05) is 18.0 Å². The van der Waals surface area contributed by atoms with Crippen LogP contribution in [-0.4, -0.2) is 39.4 Å². The van der Waals surface area contributed by atoms with E-state index in [1.54, 1.807) is 0 Å². The molecule has 1 aliphatic heterocycles. The van der Waals surface area contributed by atoms with Crippen LogP contribution in [0.15, 0.2) is 34.9 Å². The molecule has 0 aliphatic carbocycles. The van der Waals surface area contributed by atoms with Gasteiger partial charge < -0.3 is 14.5 Å². The highest BCUT2D eigenvalue weighted by Crippen LogP contribution is 2.31. The predicted molar refractivity (Wildman–Crippen MR) is 100 cm³/mol. The first-order valence-electron chi connectivity index (χ1n) is 9.19. The number of aryl methyl sites for hydroxylation is 2. The Hall–Kier alpha value is -2.47. The third kappa shape index (κ3) is 3.29. The number of anilines is 1. The monoisotopic (exact) mass is 352 g/mol. The Morgan fingerprint density at radius 3 is 2.62 bits per heavy atom. The van der Waals surface area contributed by atoms with Crippen molar-refractivity contribution in [2.45, 2.75) is 39.2 Å². The molecule has 0 radical (unpaired) electrons. The quantitative estimate of drug-likeness (QED) is 0.778. The molecule has 3 heterocycles. The van der Waals surface area contributed by atoms with Crippen LogP contribution in [0.4, 0.5) is 5.82 Å². The van der Waals surface area contributed by atoms with E-state index in [1.807, 2.05) is 32.0 Å². The smallest absolute Gasteiger partial charge is 0.263 e. The SMILES string of the molecule is Cc1nc(N2CCC([C@H](O)Cc3ccccc3)CC2)c2c(C)noc2n1. The lowest BCUT2D eigenvalue weighted by Gasteiger charge is -2.35. The lowest BCUT2D eigenvalue weighted by atomic mass is 9.88. The second kappa shape index (κ2) is 7.03. The first kappa shape index (κ1) is 17.0. The largest absolute Gasteiger partial charge is 0.392 e. The second-order valence-electron chi connectivity index (χ2n) is 7.12. The maximum atomic E-state index is 10.6. The summed E-state index contributed by atoms with van der Waals surface area (Å²) in [6, 6.07) is 10.2. The van der Waals surface area contributed by atoms with E-state index in [1.165, 1.54) is 5.56 Å². The van der Waals surface area contributed by atoms with Gasteiger partial charge in [-0.05, 0) is 44.6 Å². The number of hydrogen-bond acceptors (Lipinski definition) is 6. The number of fused-ring (bicyclic) bond motifs is 1. The lowest BCUT2D eigenvalue weighted by molar-refractivity contribution is 0.0929. The zero-order valence-corrected chi connectivity index (χ0v) is 15.2. The van der Waals surface area contributed by atoms with Crippen LogP contribution in [0.2, 0.25) is 0 Å². The van der Waals surface area contributed by atoms with Gasteiger partial charge in [0, 0.05) is 13.1 Å². The van der Waals surface area contributed by atoms with E-state index < -0.39 is 0 Å². The van der Waals surface area contributed by atoms with Crippen LogP contribution >= 0.6 is 0 Å². The molecule has 26 heavy (non-hydrogen) atoms. The normalized spacial score (nSPS) is 17.0. The Kier molecular flexibility index (Phi) is 4.59. The van der Waals surface area contributed by atoms with E-state index in [0.717, 1.165) is 42.8 Å². The molecule has 0 amide bonds. The first-order chi connectivity index (χ1) is 12.6. The molecule has 136 valence electrons. The van der Waals surface area contributed by atoms with Crippen LogP contribution < -0.4 is 4.90 Å². The van der Waals surface area contributed by atoms with Crippen LogP contribution in [0.3, 0.4) is 0 Å². The molecule has 6 heteroatoms. The number of aliphatic hydroxyl groups excluding tert-OH is 1. The fourth-order valence-electron chi connectivity index (χ4n) is 3.82. The first-order valence-corrected chi connectivity index (χ1v) is 9.19. The highest BCUT2D eigenvalue weighted by atomic mass is 16.5. The molecule has 3 aromatic rings. The second-order valence-corrected chi connectivity index (χ2v) is 7.12. The van der Waals surface area contributed by atoms with Gasteiger partial charge in [0.15, 0.2) is 0 Å². The fraction of sp³-hybridized carbons (Fsp3) is 0.450. The minimum absolute atomic E-state index is 0.302. The van der Waals surface area contributed by atoms with Crippen molar-refractivity contribution < 1.29 is 9.63 Å². The number of nitrogens with zero attached hydrogens (tertiary/aromatic N) is 4. The average molecular weight is 352 g/mol. The molecule has 0 bridgehead atoms. The molecule has 1 atom stereocenters. The molecular weight excluding hydrogens is 328 g/mol. The van der Waals surface area contributed by atoms with Gasteiger partial charge in [-0.1, -0.05) is 35.5 Å². The molecule has 1 aliphatic rings. The van der Waals surface area contributed by atoms with Crippen molar-refractivity contribution in [3.8, 4) is 0 Å². The Labute approximate surface area is 152 Å². The average Bonchev–Trinajstić information content (AvgIpc) is 3.03. The van der Waals surface area contributed by atoms with Crippen LogP contribution in [0.5, 0.6) is 0 Å². The predicted octanol–water partition coefficient (Wildman–Crippen LogP) is 3.05. The van der Waals surface area contributed by atoms with Crippen molar-refractivity contribution in [1.29, 1.82) is 0 Å². The third-order valence-corrected chi connectivity index (χ3v) is 5.27. The Bertz CT molecular complexity index is 885. The molecule has 1 saturated heterocycles. The third-order valence-electron chi connectivity index (χ3n) is 5.27. The molecule has 0 unspecified atom stereocenters. The van der Waals surface area contributed by atoms with Crippen LogP contribution in [-0.2, 0) is 6.42 Å². The Morgan fingerprint density at radius 1 is 1.15 bits per heavy atom. The van der Waals surface area contributed by atoms with Crippen LogP contribution in [0.25, 0.3) is 11.1 Å². The Balaban J connectivity index is 1.46. The van der Waals surface area contributed by atoms with E-state index in [-0.39, 0.29) is 6.10 Å². The van der Waals surface area contributed by atoms with Crippen molar-refractivity contribution in [1.82, 2.24) is 15.1 Å². The minimum atomic E-state index is -0.302. The number of aromatic nitrogens is 3. The number of hydrogen-bond donors (Lipinski definition) is 1. The fourth-order valence-corrected chi connectivity index (χ4v) is 3.82. The van der Waals surface area contributed by atoms with Gasteiger partial charge in [-0.3, -0.25) is 0 Å². The maximum absolute atomic E-state index is 10.6. The summed E-state index contributed by atoms with van der Waals surface area (Å²) in [6.07, 6.45) is 2.31. The lowest BCUT2D eigenvalue weighted by Crippen LogP contribution is -2.39. The van der Waals surface area contributed by atoms with Crippen molar-refractivity contribution >= 4 is 16.9 Å². The van der Waals surface area contributed by atoms with E-state index in [9.17, 15) is 5.11 Å². The van der Waals surface area contributed by atoms with Gasteiger partial charge in [-0.25, -0.2) is 4.98 Å². The van der Waals surface area contributed by atoms with Crippen molar-refractivity contribution in [2.24, 2.45) is 5.92 Å². The summed E-state index contributed by atoms with van der Waals surface area (Å²) in [5.74, 6) is 1.91. The summed E-state index contributed by atoms with van der Waals surface area (Å²) in [4.78, 5) is 11.3. The van der Waals surface area contributed by atoms with Gasteiger partial charge in [0.05, 0.1) is 11.8 Å². The summed E-state index contributed by atoms with van der Waals surface area (Å²) < 4.78 is 5.32. The van der Waals surface area contributed by atoms with E-state index in [2.05, 4.69) is 32.2 Å². The van der Waals surface area contributed by atoms with Gasteiger partial charge in [0.2, 0.25) is 0 Å². The van der Waals surface area contributed by atoms with Gasteiger partial charge in [-0.15, -0.1) is 0 Å². The van der Waals surface area contributed by atoms with E-state index in [0.29, 0.717) is 23.9 Å². The Morgan fingerprint density at radius 2 is 1.88 bits per heavy atom. The topological polar surface area (TPSA) is 75.3 Å². The molecule has 1 aromatic carbocycles.